The van der Waals surface area contributed by atoms with Gasteiger partial charge in [-0.2, -0.15) is 0 Å². The third kappa shape index (κ3) is 3.61. The normalized spacial score (nSPS) is 20.5. The van der Waals surface area contributed by atoms with Crippen LogP contribution in [0.15, 0.2) is 24.3 Å². The Kier molecular flexibility index (Phi) is 4.68. The highest BCUT2D eigenvalue weighted by atomic mass is 79.9. The Balaban J connectivity index is 1.78. The highest BCUT2D eigenvalue weighted by molar-refractivity contribution is 9.09. The molecule has 4 heteroatoms. The molecule has 1 heterocycles. The SMILES string of the molecule is COc1ccccc1OCCN1CCC(Br)C1. The fourth-order valence-electron chi connectivity index (χ4n) is 2.01. The summed E-state index contributed by atoms with van der Waals surface area (Å²) in [6, 6.07) is 7.76. The highest BCUT2D eigenvalue weighted by Gasteiger charge is 2.19. The van der Waals surface area contributed by atoms with Gasteiger partial charge in [-0.25, -0.2) is 0 Å². The van der Waals surface area contributed by atoms with Crippen LogP contribution in [0.4, 0.5) is 0 Å². The highest BCUT2D eigenvalue weighted by Crippen LogP contribution is 2.25. The molecule has 1 aliphatic rings. The first-order valence-corrected chi connectivity index (χ1v) is 6.83. The van der Waals surface area contributed by atoms with E-state index in [0.717, 1.165) is 31.1 Å². The summed E-state index contributed by atoms with van der Waals surface area (Å²) in [6.07, 6.45) is 1.23. The molecule has 17 heavy (non-hydrogen) atoms. The second-order valence-electron chi connectivity index (χ2n) is 4.19. The minimum Gasteiger partial charge on any atom is -0.493 e. The molecule has 1 aromatic rings. The van der Waals surface area contributed by atoms with Gasteiger partial charge >= 0.3 is 0 Å². The average molecular weight is 300 g/mol. The van der Waals surface area contributed by atoms with E-state index in [1.807, 2.05) is 24.3 Å². The Morgan fingerprint density at radius 3 is 2.76 bits per heavy atom. The van der Waals surface area contributed by atoms with Gasteiger partial charge < -0.3 is 9.47 Å². The van der Waals surface area contributed by atoms with Crippen molar-refractivity contribution in [1.82, 2.24) is 4.90 Å². The Bertz CT molecular complexity index is 359. The summed E-state index contributed by atoms with van der Waals surface area (Å²) in [5, 5.41) is 0. The van der Waals surface area contributed by atoms with Crippen LogP contribution >= 0.6 is 15.9 Å². The molecule has 1 atom stereocenters. The first kappa shape index (κ1) is 12.7. The lowest BCUT2D eigenvalue weighted by Gasteiger charge is -2.16. The third-order valence-corrected chi connectivity index (χ3v) is 3.70. The maximum Gasteiger partial charge on any atom is 0.161 e. The molecule has 0 amide bonds. The Hall–Kier alpha value is -0.740. The molecule has 1 saturated heterocycles. The molecule has 0 aliphatic carbocycles. The van der Waals surface area contributed by atoms with Gasteiger partial charge in [0.1, 0.15) is 6.61 Å². The van der Waals surface area contributed by atoms with Crippen LogP contribution in [-0.2, 0) is 0 Å². The van der Waals surface area contributed by atoms with Crippen molar-refractivity contribution in [3.05, 3.63) is 24.3 Å². The third-order valence-electron chi connectivity index (χ3n) is 2.95. The molecule has 1 unspecified atom stereocenters. The zero-order chi connectivity index (χ0) is 12.1. The lowest BCUT2D eigenvalue weighted by molar-refractivity contribution is 0.231. The van der Waals surface area contributed by atoms with Crippen molar-refractivity contribution in [2.24, 2.45) is 0 Å². The summed E-state index contributed by atoms with van der Waals surface area (Å²) in [7, 11) is 1.66. The van der Waals surface area contributed by atoms with Crippen LogP contribution in [0.25, 0.3) is 0 Å². The van der Waals surface area contributed by atoms with Gasteiger partial charge in [0.2, 0.25) is 0 Å². The topological polar surface area (TPSA) is 21.7 Å². The van der Waals surface area contributed by atoms with E-state index in [4.69, 9.17) is 9.47 Å². The predicted octanol–water partition coefficient (Wildman–Crippen LogP) is 2.54. The van der Waals surface area contributed by atoms with Gasteiger partial charge in [0.25, 0.3) is 0 Å². The predicted molar refractivity (Wildman–Crippen MR) is 72.3 cm³/mol. The van der Waals surface area contributed by atoms with Gasteiger partial charge in [0.05, 0.1) is 7.11 Å². The van der Waals surface area contributed by atoms with Crippen molar-refractivity contribution in [2.75, 3.05) is 33.4 Å². The van der Waals surface area contributed by atoms with Crippen molar-refractivity contribution in [3.8, 4) is 11.5 Å². The molecule has 0 spiro atoms. The summed E-state index contributed by atoms with van der Waals surface area (Å²) in [4.78, 5) is 3.06. The summed E-state index contributed by atoms with van der Waals surface area (Å²) in [6.45, 7) is 3.96. The van der Waals surface area contributed by atoms with Gasteiger partial charge in [0.15, 0.2) is 11.5 Å². The van der Waals surface area contributed by atoms with Crippen LogP contribution in [0.3, 0.4) is 0 Å². The number of likely N-dealkylation sites (tertiary alicyclic amines) is 1. The lowest BCUT2D eigenvalue weighted by atomic mass is 10.3. The lowest BCUT2D eigenvalue weighted by Crippen LogP contribution is -2.26. The molecule has 0 radical (unpaired) electrons. The van der Waals surface area contributed by atoms with Gasteiger partial charge in [-0.05, 0) is 25.1 Å². The number of hydrogen-bond donors (Lipinski definition) is 0. The van der Waals surface area contributed by atoms with E-state index in [9.17, 15) is 0 Å². The van der Waals surface area contributed by atoms with E-state index in [2.05, 4.69) is 20.8 Å². The van der Waals surface area contributed by atoms with Crippen molar-refractivity contribution in [2.45, 2.75) is 11.2 Å². The summed E-state index contributed by atoms with van der Waals surface area (Å²) < 4.78 is 11.0. The standard InChI is InChI=1S/C13H18BrNO2/c1-16-12-4-2-3-5-13(12)17-9-8-15-7-6-11(14)10-15/h2-5,11H,6-10H2,1H3. The molecule has 3 nitrogen and oxygen atoms in total. The molecule has 0 N–H and O–H groups in total. The monoisotopic (exact) mass is 299 g/mol. The first-order chi connectivity index (χ1) is 8.29. The van der Waals surface area contributed by atoms with E-state index >= 15 is 0 Å². The van der Waals surface area contributed by atoms with Crippen molar-refractivity contribution < 1.29 is 9.47 Å². The number of nitrogens with zero attached hydrogens (tertiary/aromatic N) is 1. The molecule has 1 fully saturated rings. The quantitative estimate of drug-likeness (QED) is 0.780. The number of ether oxygens (including phenoxy) is 2. The van der Waals surface area contributed by atoms with Crippen molar-refractivity contribution in [1.29, 1.82) is 0 Å². The number of para-hydroxylation sites is 2. The van der Waals surface area contributed by atoms with Gasteiger partial charge in [-0.3, -0.25) is 4.90 Å². The number of halogens is 1. The van der Waals surface area contributed by atoms with E-state index in [-0.39, 0.29) is 0 Å². The van der Waals surface area contributed by atoms with Gasteiger partial charge in [-0.15, -0.1) is 0 Å². The summed E-state index contributed by atoms with van der Waals surface area (Å²) >= 11 is 3.64. The Morgan fingerprint density at radius 1 is 1.35 bits per heavy atom. The molecule has 94 valence electrons. The van der Waals surface area contributed by atoms with Crippen LogP contribution < -0.4 is 9.47 Å². The second-order valence-corrected chi connectivity index (χ2v) is 5.48. The minimum absolute atomic E-state index is 0.647. The number of benzene rings is 1. The molecule has 2 rings (SSSR count). The van der Waals surface area contributed by atoms with Crippen LogP contribution in [0.5, 0.6) is 11.5 Å². The van der Waals surface area contributed by atoms with Crippen molar-refractivity contribution >= 4 is 15.9 Å². The molecule has 1 aromatic carbocycles. The number of methoxy groups -OCH3 is 1. The zero-order valence-electron chi connectivity index (χ0n) is 10.1. The smallest absolute Gasteiger partial charge is 0.161 e. The summed E-state index contributed by atoms with van der Waals surface area (Å²) in [5.74, 6) is 1.62. The molecule has 1 aliphatic heterocycles. The first-order valence-electron chi connectivity index (χ1n) is 5.92. The fraction of sp³-hybridized carbons (Fsp3) is 0.538. The van der Waals surface area contributed by atoms with Crippen LogP contribution in [-0.4, -0.2) is 43.1 Å². The van der Waals surface area contributed by atoms with Crippen LogP contribution in [0.1, 0.15) is 6.42 Å². The van der Waals surface area contributed by atoms with Crippen molar-refractivity contribution in [3.63, 3.8) is 0 Å². The van der Waals surface area contributed by atoms with E-state index in [1.165, 1.54) is 6.42 Å². The van der Waals surface area contributed by atoms with E-state index in [1.54, 1.807) is 7.11 Å². The van der Waals surface area contributed by atoms with E-state index in [0.29, 0.717) is 11.4 Å². The van der Waals surface area contributed by atoms with Gasteiger partial charge in [0, 0.05) is 17.9 Å². The molecule has 0 bridgehead atoms. The zero-order valence-corrected chi connectivity index (χ0v) is 11.6. The maximum atomic E-state index is 5.74. The maximum absolute atomic E-state index is 5.74. The fourth-order valence-corrected chi connectivity index (χ4v) is 2.63. The van der Waals surface area contributed by atoms with Crippen LogP contribution in [0, 0.1) is 0 Å². The average Bonchev–Trinajstić information content (AvgIpc) is 2.76. The largest absolute Gasteiger partial charge is 0.493 e. The molecule has 0 saturated carbocycles. The van der Waals surface area contributed by atoms with E-state index < -0.39 is 0 Å². The number of hydrogen-bond acceptors (Lipinski definition) is 3. The Morgan fingerprint density at radius 2 is 2.12 bits per heavy atom. The van der Waals surface area contributed by atoms with Crippen LogP contribution in [0.2, 0.25) is 0 Å². The second kappa shape index (κ2) is 6.26. The van der Waals surface area contributed by atoms with Gasteiger partial charge in [-0.1, -0.05) is 28.1 Å². The number of alkyl halides is 1. The number of rotatable bonds is 5. The molecular weight excluding hydrogens is 282 g/mol. The molecule has 0 aromatic heterocycles. The Labute approximate surface area is 111 Å². The minimum atomic E-state index is 0.647. The molecular formula is C13H18BrNO2. The summed E-state index contributed by atoms with van der Waals surface area (Å²) in [5.41, 5.74) is 0.